The van der Waals surface area contributed by atoms with Crippen LogP contribution in [0.2, 0.25) is 0 Å². The van der Waals surface area contributed by atoms with E-state index in [4.69, 9.17) is 0 Å². The van der Waals surface area contributed by atoms with Crippen molar-refractivity contribution in [3.63, 3.8) is 0 Å². The summed E-state index contributed by atoms with van der Waals surface area (Å²) >= 11 is 3.24. The molecule has 4 nitrogen and oxygen atoms in total. The summed E-state index contributed by atoms with van der Waals surface area (Å²) in [7, 11) is 0. The number of nitro benzene ring substituents is 1. The minimum atomic E-state index is -4.63. The van der Waals surface area contributed by atoms with Gasteiger partial charge in [0.2, 0.25) is 0 Å². The van der Waals surface area contributed by atoms with Crippen molar-refractivity contribution in [1.82, 2.24) is 0 Å². The summed E-state index contributed by atoms with van der Waals surface area (Å²) in [6.07, 6.45) is -4.63. The van der Waals surface area contributed by atoms with Gasteiger partial charge >= 0.3 is 6.18 Å². The molecule has 0 unspecified atom stereocenters. The molecule has 0 aliphatic carbocycles. The number of halogens is 4. The number of hydrogen-bond donors (Lipinski definition) is 1. The number of rotatable bonds is 3. The highest BCUT2D eigenvalue weighted by Gasteiger charge is 2.33. The highest BCUT2D eigenvalue weighted by molar-refractivity contribution is 9.10. The highest BCUT2D eigenvalue weighted by atomic mass is 79.9. The molecule has 2 aromatic rings. The molecule has 8 heteroatoms. The van der Waals surface area contributed by atoms with Crippen LogP contribution in [0.15, 0.2) is 46.9 Å². The Kier molecular flexibility index (Phi) is 4.17. The molecule has 0 aliphatic heterocycles. The minimum Gasteiger partial charge on any atom is -0.350 e. The van der Waals surface area contributed by atoms with Crippen LogP contribution < -0.4 is 5.32 Å². The van der Waals surface area contributed by atoms with E-state index < -0.39 is 22.4 Å². The summed E-state index contributed by atoms with van der Waals surface area (Å²) in [5.41, 5.74) is -1.18. The Morgan fingerprint density at radius 1 is 1.14 bits per heavy atom. The van der Waals surface area contributed by atoms with Gasteiger partial charge in [0.1, 0.15) is 5.69 Å². The Hall–Kier alpha value is -2.09. The lowest BCUT2D eigenvalue weighted by atomic mass is 10.1. The third-order valence-corrected chi connectivity index (χ3v) is 3.12. The first-order chi connectivity index (χ1) is 9.77. The Morgan fingerprint density at radius 3 is 2.43 bits per heavy atom. The monoisotopic (exact) mass is 360 g/mol. The number of nitrogens with one attached hydrogen (secondary N) is 1. The molecule has 2 rings (SSSR count). The molecule has 0 spiro atoms. The predicted molar refractivity (Wildman–Crippen MR) is 75.5 cm³/mol. The molecule has 2 aromatic carbocycles. The van der Waals surface area contributed by atoms with Gasteiger partial charge in [0.05, 0.1) is 10.5 Å². The lowest BCUT2D eigenvalue weighted by molar-refractivity contribution is -0.384. The summed E-state index contributed by atoms with van der Waals surface area (Å²) in [5, 5.41) is 13.7. The Bertz CT molecular complexity index is 689. The Morgan fingerprint density at radius 2 is 1.86 bits per heavy atom. The van der Waals surface area contributed by atoms with E-state index >= 15 is 0 Å². The fourth-order valence-electron chi connectivity index (χ4n) is 1.69. The van der Waals surface area contributed by atoms with E-state index in [0.717, 1.165) is 16.6 Å². The van der Waals surface area contributed by atoms with Crippen molar-refractivity contribution < 1.29 is 18.1 Å². The molecule has 21 heavy (non-hydrogen) atoms. The molecule has 1 N–H and O–H groups in total. The van der Waals surface area contributed by atoms with E-state index in [2.05, 4.69) is 21.2 Å². The fourth-order valence-corrected chi connectivity index (χ4v) is 2.09. The quantitative estimate of drug-likeness (QED) is 0.610. The van der Waals surface area contributed by atoms with Crippen LogP contribution in [0, 0.1) is 10.1 Å². The van der Waals surface area contributed by atoms with Gasteiger partial charge in [-0.15, -0.1) is 0 Å². The fraction of sp³-hybridized carbons (Fsp3) is 0.0769. The molecule has 0 saturated carbocycles. The third kappa shape index (κ3) is 3.72. The van der Waals surface area contributed by atoms with Gasteiger partial charge in [0.15, 0.2) is 0 Å². The first kappa shape index (κ1) is 15.3. The maximum atomic E-state index is 12.6. The van der Waals surface area contributed by atoms with Crippen molar-refractivity contribution in [1.29, 1.82) is 0 Å². The van der Waals surface area contributed by atoms with Crippen LogP contribution in [0.3, 0.4) is 0 Å². The SMILES string of the molecule is O=[N+]([O-])c1cc(C(F)(F)F)ccc1Nc1cccc(Br)c1. The highest BCUT2D eigenvalue weighted by Crippen LogP contribution is 2.36. The van der Waals surface area contributed by atoms with E-state index in [9.17, 15) is 23.3 Å². The molecule has 0 aliphatic rings. The normalized spacial score (nSPS) is 11.2. The topological polar surface area (TPSA) is 55.2 Å². The number of nitro groups is 1. The lowest BCUT2D eigenvalue weighted by Gasteiger charge is -2.10. The number of hydrogen-bond acceptors (Lipinski definition) is 3. The van der Waals surface area contributed by atoms with Crippen molar-refractivity contribution in [3.8, 4) is 0 Å². The second kappa shape index (κ2) is 5.72. The van der Waals surface area contributed by atoms with Gasteiger partial charge in [-0.25, -0.2) is 0 Å². The van der Waals surface area contributed by atoms with Gasteiger partial charge in [0.25, 0.3) is 5.69 Å². The van der Waals surface area contributed by atoms with Gasteiger partial charge in [-0.05, 0) is 30.3 Å². The number of alkyl halides is 3. The maximum absolute atomic E-state index is 12.6. The third-order valence-electron chi connectivity index (χ3n) is 2.63. The average molecular weight is 361 g/mol. The van der Waals surface area contributed by atoms with E-state index in [1.54, 1.807) is 24.3 Å². The van der Waals surface area contributed by atoms with Crippen molar-refractivity contribution in [3.05, 3.63) is 62.6 Å². The maximum Gasteiger partial charge on any atom is 0.416 e. The van der Waals surface area contributed by atoms with Crippen molar-refractivity contribution in [2.24, 2.45) is 0 Å². The van der Waals surface area contributed by atoms with E-state index in [1.165, 1.54) is 0 Å². The number of nitrogens with zero attached hydrogens (tertiary/aromatic N) is 1. The van der Waals surface area contributed by atoms with Crippen LogP contribution in [0.25, 0.3) is 0 Å². The van der Waals surface area contributed by atoms with Crippen LogP contribution >= 0.6 is 15.9 Å². The van der Waals surface area contributed by atoms with Crippen LogP contribution in [0.4, 0.5) is 30.2 Å². The van der Waals surface area contributed by atoms with Gasteiger partial charge in [0, 0.05) is 16.2 Å². The summed E-state index contributed by atoms with van der Waals surface area (Å²) < 4.78 is 38.5. The molecular formula is C13H8BrF3N2O2. The standard InChI is InChI=1S/C13H8BrF3N2O2/c14-9-2-1-3-10(7-9)18-11-5-4-8(13(15,16)17)6-12(11)19(20)21/h1-7,18H. The van der Waals surface area contributed by atoms with E-state index in [0.29, 0.717) is 11.8 Å². The number of anilines is 2. The van der Waals surface area contributed by atoms with Crippen molar-refractivity contribution in [2.75, 3.05) is 5.32 Å². The number of benzene rings is 2. The first-order valence-electron chi connectivity index (χ1n) is 5.65. The molecule has 0 fully saturated rings. The molecule has 0 heterocycles. The van der Waals surface area contributed by atoms with Crippen LogP contribution in [0.1, 0.15) is 5.56 Å². The largest absolute Gasteiger partial charge is 0.416 e. The molecule has 0 aromatic heterocycles. The second-order valence-corrected chi connectivity index (χ2v) is 5.04. The molecule has 0 saturated heterocycles. The van der Waals surface area contributed by atoms with E-state index in [1.807, 2.05) is 0 Å². The van der Waals surface area contributed by atoms with Gasteiger partial charge in [-0.3, -0.25) is 10.1 Å². The minimum absolute atomic E-state index is 0.00824. The smallest absolute Gasteiger partial charge is 0.350 e. The van der Waals surface area contributed by atoms with Crippen LogP contribution in [-0.4, -0.2) is 4.92 Å². The van der Waals surface area contributed by atoms with E-state index in [-0.39, 0.29) is 5.69 Å². The van der Waals surface area contributed by atoms with Crippen LogP contribution in [-0.2, 0) is 6.18 Å². The molecule has 0 amide bonds. The first-order valence-corrected chi connectivity index (χ1v) is 6.45. The summed E-state index contributed by atoms with van der Waals surface area (Å²) in [6, 6.07) is 9.11. The Labute approximate surface area is 125 Å². The molecule has 0 radical (unpaired) electrons. The van der Waals surface area contributed by atoms with Crippen molar-refractivity contribution in [2.45, 2.75) is 6.18 Å². The summed E-state index contributed by atoms with van der Waals surface area (Å²) in [4.78, 5) is 10.1. The lowest BCUT2D eigenvalue weighted by Crippen LogP contribution is -2.06. The Balaban J connectivity index is 2.42. The van der Waals surface area contributed by atoms with Gasteiger partial charge in [-0.2, -0.15) is 13.2 Å². The van der Waals surface area contributed by atoms with Gasteiger partial charge < -0.3 is 5.32 Å². The molecule has 0 atom stereocenters. The average Bonchev–Trinajstić information content (AvgIpc) is 2.37. The second-order valence-electron chi connectivity index (χ2n) is 4.12. The van der Waals surface area contributed by atoms with Gasteiger partial charge in [-0.1, -0.05) is 22.0 Å². The molecular weight excluding hydrogens is 353 g/mol. The van der Waals surface area contributed by atoms with Crippen LogP contribution in [0.5, 0.6) is 0 Å². The van der Waals surface area contributed by atoms with Crippen molar-refractivity contribution >= 4 is 33.0 Å². The summed E-state index contributed by atoms with van der Waals surface area (Å²) in [5.74, 6) is 0. The molecule has 0 bridgehead atoms. The molecule has 110 valence electrons. The summed E-state index contributed by atoms with van der Waals surface area (Å²) in [6.45, 7) is 0. The zero-order valence-corrected chi connectivity index (χ0v) is 11.9. The predicted octanol–water partition coefficient (Wildman–Crippen LogP) is 5.12. The zero-order valence-electron chi connectivity index (χ0n) is 10.3. The zero-order chi connectivity index (χ0) is 15.6.